The molecule has 0 amide bonds. The van der Waals surface area contributed by atoms with Gasteiger partial charge in [0.1, 0.15) is 13.6 Å². The quantitative estimate of drug-likeness (QED) is 0.0264. The summed E-state index contributed by atoms with van der Waals surface area (Å²) < 4.78 is 51.8. The minimum Gasteiger partial charge on any atom is -0.412 e. The number of ether oxygens (including phenoxy) is 6. The van der Waals surface area contributed by atoms with Gasteiger partial charge < -0.3 is 37.3 Å². The van der Waals surface area contributed by atoms with Crippen molar-refractivity contribution in [3.05, 3.63) is 46.8 Å². The van der Waals surface area contributed by atoms with Crippen molar-refractivity contribution < 1.29 is 37.3 Å². The summed E-state index contributed by atoms with van der Waals surface area (Å²) in [4.78, 5) is 0. The van der Waals surface area contributed by atoms with E-state index in [-0.39, 0.29) is 43.9 Å². The highest BCUT2D eigenvalue weighted by Gasteiger charge is 2.53. The summed E-state index contributed by atoms with van der Waals surface area (Å²) in [7, 11) is -4.20. The van der Waals surface area contributed by atoms with Crippen LogP contribution in [0.25, 0.3) is 0 Å². The lowest BCUT2D eigenvalue weighted by Crippen LogP contribution is -2.53. The molecule has 0 bridgehead atoms. The molecule has 2 aliphatic rings. The van der Waals surface area contributed by atoms with E-state index in [1.807, 2.05) is 0 Å². The Hall–Kier alpha value is -0.492. The highest BCUT2D eigenvalue weighted by molar-refractivity contribution is 6.83. The lowest BCUT2D eigenvalue weighted by Gasteiger charge is -2.47. The van der Waals surface area contributed by atoms with Gasteiger partial charge in [-0.2, -0.15) is 0 Å². The van der Waals surface area contributed by atoms with Crippen molar-refractivity contribution in [1.82, 2.24) is 0 Å². The van der Waals surface area contributed by atoms with E-state index in [2.05, 4.69) is 162 Å². The van der Waals surface area contributed by atoms with E-state index in [4.69, 9.17) is 37.3 Å². The third kappa shape index (κ3) is 19.2. The number of rotatable bonds is 37. The summed E-state index contributed by atoms with van der Waals surface area (Å²) in [6.45, 7) is 60.2. The van der Waals surface area contributed by atoms with E-state index < -0.39 is 32.8 Å². The molecule has 2 aliphatic carbocycles. The van der Waals surface area contributed by atoms with E-state index in [0.29, 0.717) is 77.4 Å². The Balaban J connectivity index is 2.49. The van der Waals surface area contributed by atoms with Crippen LogP contribution in [0.1, 0.15) is 161 Å². The lowest BCUT2D eigenvalue weighted by molar-refractivity contribution is -0.125. The Morgan fingerprint density at radius 1 is 0.486 bits per heavy atom. The Labute approximate surface area is 450 Å². The van der Waals surface area contributed by atoms with Crippen LogP contribution < -0.4 is 0 Å². The maximum absolute atomic E-state index is 7.77. The molecule has 2 rings (SSSR count). The number of allylic oxidation sites excluding steroid dienone is 4. The average molecular weight is 1080 g/mol. The van der Waals surface area contributed by atoms with Gasteiger partial charge in [0.25, 0.3) is 0 Å². The van der Waals surface area contributed by atoms with Crippen molar-refractivity contribution in [2.75, 3.05) is 54.2 Å². The molecule has 422 valence electrons. The van der Waals surface area contributed by atoms with E-state index in [1.54, 1.807) is 24.6 Å². The molecular weight excluding hydrogens is 961 g/mol. The monoisotopic (exact) mass is 1080 g/mol. The van der Waals surface area contributed by atoms with Gasteiger partial charge in [-0.05, 0) is 111 Å². The van der Waals surface area contributed by atoms with Crippen LogP contribution in [0, 0.1) is 23.7 Å². The van der Waals surface area contributed by atoms with Crippen LogP contribution in [0.2, 0.25) is 72.5 Å². The molecule has 0 aromatic carbocycles. The molecule has 0 aromatic rings. The predicted molar refractivity (Wildman–Crippen MR) is 320 cm³/mol. The average Bonchev–Trinajstić information content (AvgIpc) is 3.89. The zero-order chi connectivity index (χ0) is 54.8. The summed E-state index contributed by atoms with van der Waals surface area (Å²) in [5.41, 5.74) is 5.57. The van der Waals surface area contributed by atoms with Gasteiger partial charge in [0.2, 0.25) is 16.6 Å². The van der Waals surface area contributed by atoms with Crippen molar-refractivity contribution in [3.8, 4) is 0 Å². The standard InChI is InChI=1S/C60H118O8Si4/c1-43(2)53-32-34-55(59(53)67-71(45(5)6,46(7)8)47(9)10)57(65-41-63-39-37-61-17)30-26-29-51(69(19,20)21)27-25-28-52(70(22,23)24)31-36-58(66-42-64-40-38-62-18)56-35-33-54(44(3)4)60(56)68-72(48(11)12,49(13)14)50(15)16/h28-29,45-50,53-60H,1,3,25-27,30-42H2,2,4-24H3/b51-29-,52-28-/t53-,54-,55-,56-,57-,58-,59+,60+/m1/s1. The summed E-state index contributed by atoms with van der Waals surface area (Å²) in [5.74, 6) is 1.27. The lowest BCUT2D eigenvalue weighted by atomic mass is 9.90. The van der Waals surface area contributed by atoms with E-state index in [0.717, 1.165) is 64.2 Å². The third-order valence-corrected chi connectivity index (χ3v) is 34.4. The zero-order valence-electron chi connectivity index (χ0n) is 51.2. The Bertz CT molecular complexity index is 1580. The fourth-order valence-electron chi connectivity index (χ4n) is 13.7. The third-order valence-electron chi connectivity index (χ3n) is 17.4. The molecule has 0 heterocycles. The zero-order valence-corrected chi connectivity index (χ0v) is 55.2. The van der Waals surface area contributed by atoms with Crippen LogP contribution in [0.5, 0.6) is 0 Å². The second kappa shape index (κ2) is 31.8. The first-order valence-electron chi connectivity index (χ1n) is 29.0. The van der Waals surface area contributed by atoms with Crippen LogP contribution in [0.3, 0.4) is 0 Å². The van der Waals surface area contributed by atoms with Gasteiger partial charge in [-0.15, -0.1) is 0 Å². The molecule has 0 aliphatic heterocycles. The van der Waals surface area contributed by atoms with Crippen LogP contribution in [-0.4, -0.2) is 111 Å². The maximum Gasteiger partial charge on any atom is 0.200 e. The number of hydrogen-bond acceptors (Lipinski definition) is 8. The molecule has 2 saturated carbocycles. The fourth-order valence-corrected chi connectivity index (χ4v) is 28.2. The molecule has 0 aromatic heterocycles. The molecule has 72 heavy (non-hydrogen) atoms. The summed E-state index contributed by atoms with van der Waals surface area (Å²) in [6.07, 6.45) is 16.1. The first-order chi connectivity index (χ1) is 33.6. The topological polar surface area (TPSA) is 73.8 Å². The predicted octanol–water partition coefficient (Wildman–Crippen LogP) is 17.3. The Morgan fingerprint density at radius 2 is 0.833 bits per heavy atom. The van der Waals surface area contributed by atoms with Crippen molar-refractivity contribution in [1.29, 1.82) is 0 Å². The molecule has 2 fully saturated rings. The highest BCUT2D eigenvalue weighted by atomic mass is 28.4. The molecule has 0 saturated heterocycles. The SMILES string of the molecule is C=C(C)[C@H]1CC[C@H]([C@@H](CC/C=C(/CC/C=C(/CC[C@@H](OCOCCOC)[C@H]2CC[C@H](C(=C)C)[C@@H]2O[Si](C(C)C)(C(C)C)C(C)C)[Si](C)(C)C)[Si](C)(C)C)OCOCCOC)[C@H]1O[Si](C(C)C)(C(C)C)C(C)C. The van der Waals surface area contributed by atoms with Gasteiger partial charge in [0.15, 0.2) is 0 Å². The fraction of sp³-hybridized carbons (Fsp3) is 0.867. The Kier molecular flexibility index (Phi) is 29.9. The van der Waals surface area contributed by atoms with Crippen molar-refractivity contribution in [3.63, 3.8) is 0 Å². The largest absolute Gasteiger partial charge is 0.412 e. The maximum atomic E-state index is 7.77. The molecule has 0 spiro atoms. The van der Waals surface area contributed by atoms with Crippen LogP contribution >= 0.6 is 0 Å². The summed E-state index contributed by atoms with van der Waals surface area (Å²) in [6, 6.07) is 0. The minimum absolute atomic E-state index is 0.0354. The molecule has 0 unspecified atom stereocenters. The normalized spacial score (nSPS) is 23.0. The minimum atomic E-state index is -2.18. The second-order valence-corrected chi connectivity index (χ2v) is 47.3. The van der Waals surface area contributed by atoms with Crippen LogP contribution in [0.15, 0.2) is 46.8 Å². The smallest absolute Gasteiger partial charge is 0.200 e. The first-order valence-corrected chi connectivity index (χ1v) is 40.3. The molecular formula is C60H118O8Si4. The van der Waals surface area contributed by atoms with Gasteiger partial charge in [0, 0.05) is 37.9 Å². The van der Waals surface area contributed by atoms with E-state index in [9.17, 15) is 0 Å². The summed E-state index contributed by atoms with van der Waals surface area (Å²) in [5, 5.41) is 3.31. The van der Waals surface area contributed by atoms with Crippen LogP contribution in [-0.2, 0) is 37.3 Å². The molecule has 8 atom stereocenters. The van der Waals surface area contributed by atoms with Crippen molar-refractivity contribution in [2.24, 2.45) is 23.7 Å². The summed E-state index contributed by atoms with van der Waals surface area (Å²) >= 11 is 0. The molecule has 0 N–H and O–H groups in total. The van der Waals surface area contributed by atoms with Gasteiger partial charge in [-0.3, -0.25) is 0 Å². The molecule has 12 heteroatoms. The Morgan fingerprint density at radius 3 is 1.17 bits per heavy atom. The first kappa shape index (κ1) is 67.6. The molecule has 0 radical (unpaired) electrons. The van der Waals surface area contributed by atoms with Gasteiger partial charge in [0.05, 0.1) is 67.0 Å². The van der Waals surface area contributed by atoms with Crippen molar-refractivity contribution in [2.45, 2.75) is 258 Å². The van der Waals surface area contributed by atoms with E-state index >= 15 is 0 Å². The van der Waals surface area contributed by atoms with Gasteiger partial charge in [-0.25, -0.2) is 0 Å². The number of hydrogen-bond donors (Lipinski definition) is 0. The van der Waals surface area contributed by atoms with Crippen molar-refractivity contribution >= 4 is 32.8 Å². The van der Waals surface area contributed by atoms with Crippen LogP contribution in [0.4, 0.5) is 0 Å². The van der Waals surface area contributed by atoms with Gasteiger partial charge >= 0.3 is 0 Å². The highest BCUT2D eigenvalue weighted by Crippen LogP contribution is 2.51. The number of methoxy groups -OCH3 is 2. The van der Waals surface area contributed by atoms with Gasteiger partial charge in [-0.1, -0.05) is 169 Å². The van der Waals surface area contributed by atoms with E-state index in [1.165, 1.54) is 11.1 Å². The second-order valence-electron chi connectivity index (χ2n) is 26.2. The molecule has 8 nitrogen and oxygen atoms in total.